The van der Waals surface area contributed by atoms with Crippen molar-refractivity contribution >= 4 is 22.9 Å². The van der Waals surface area contributed by atoms with E-state index in [2.05, 4.69) is 73.5 Å². The summed E-state index contributed by atoms with van der Waals surface area (Å²) >= 11 is 1.91. The van der Waals surface area contributed by atoms with Crippen LogP contribution in [0.3, 0.4) is 0 Å². The average molecular weight is 419 g/mol. The second-order valence-electron chi connectivity index (χ2n) is 8.23. The van der Waals surface area contributed by atoms with Crippen molar-refractivity contribution in [3.8, 4) is 0 Å². The molecule has 0 saturated carbocycles. The highest BCUT2D eigenvalue weighted by atomic mass is 32.1. The number of anilines is 1. The van der Waals surface area contributed by atoms with E-state index < -0.39 is 0 Å². The number of aryl methyl sites for hydroxylation is 3. The van der Waals surface area contributed by atoms with Crippen LogP contribution in [0.15, 0.2) is 48.5 Å². The fourth-order valence-electron chi connectivity index (χ4n) is 4.57. The van der Waals surface area contributed by atoms with Crippen LogP contribution in [0.4, 0.5) is 5.69 Å². The molecule has 0 bridgehead atoms. The van der Waals surface area contributed by atoms with Crippen molar-refractivity contribution in [1.29, 1.82) is 0 Å². The van der Waals surface area contributed by atoms with Gasteiger partial charge in [0.25, 0.3) is 0 Å². The van der Waals surface area contributed by atoms with Gasteiger partial charge in [0.2, 0.25) is 5.91 Å². The molecule has 1 aliphatic heterocycles. The van der Waals surface area contributed by atoms with E-state index in [4.69, 9.17) is 0 Å². The van der Waals surface area contributed by atoms with Crippen molar-refractivity contribution in [2.24, 2.45) is 0 Å². The number of hydrogen-bond donors (Lipinski definition) is 1. The number of rotatable bonds is 5. The number of amides is 1. The summed E-state index contributed by atoms with van der Waals surface area (Å²) in [7, 11) is 0. The standard InChI is InChI=1S/C26H30N2OS/c1-5-21-19(4)30-26-22(21)13-14-28(25(26)20-9-7-6-8-10-20)16-24(29)27-23-15-17(2)11-12-18(23)3/h6-12,15,25H,5,13-14,16H2,1-4H3,(H,27,29)/t25-/m0/s1. The number of hydrogen-bond acceptors (Lipinski definition) is 3. The van der Waals surface area contributed by atoms with Crippen LogP contribution in [0.2, 0.25) is 0 Å². The van der Waals surface area contributed by atoms with Gasteiger partial charge in [0.15, 0.2) is 0 Å². The lowest BCUT2D eigenvalue weighted by Gasteiger charge is -2.36. The van der Waals surface area contributed by atoms with Gasteiger partial charge in [0.05, 0.1) is 12.6 Å². The third kappa shape index (κ3) is 4.07. The van der Waals surface area contributed by atoms with Gasteiger partial charge in [-0.15, -0.1) is 11.3 Å². The third-order valence-electron chi connectivity index (χ3n) is 6.09. The quantitative estimate of drug-likeness (QED) is 0.566. The number of carbonyl (C=O) groups excluding carboxylic acids is 1. The Kier molecular flexibility index (Phi) is 6.07. The maximum atomic E-state index is 13.0. The Morgan fingerprint density at radius 3 is 2.63 bits per heavy atom. The SMILES string of the molecule is CCc1c(C)sc2c1CCN(CC(=O)Nc1cc(C)ccc1C)[C@H]2c1ccccc1. The van der Waals surface area contributed by atoms with E-state index in [0.29, 0.717) is 6.54 Å². The lowest BCUT2D eigenvalue weighted by molar-refractivity contribution is -0.117. The maximum Gasteiger partial charge on any atom is 0.238 e. The molecular weight excluding hydrogens is 388 g/mol. The minimum atomic E-state index is 0.0528. The van der Waals surface area contributed by atoms with Gasteiger partial charge in [0, 0.05) is 22.0 Å². The van der Waals surface area contributed by atoms with E-state index in [1.54, 1.807) is 0 Å². The van der Waals surface area contributed by atoms with E-state index >= 15 is 0 Å². The molecule has 156 valence electrons. The molecule has 1 amide bonds. The highest BCUT2D eigenvalue weighted by Gasteiger charge is 2.33. The second kappa shape index (κ2) is 8.75. The van der Waals surface area contributed by atoms with Crippen molar-refractivity contribution in [2.75, 3.05) is 18.4 Å². The summed E-state index contributed by atoms with van der Waals surface area (Å²) in [5.74, 6) is 0.0528. The van der Waals surface area contributed by atoms with Gasteiger partial charge >= 0.3 is 0 Å². The first-order chi connectivity index (χ1) is 14.5. The molecule has 30 heavy (non-hydrogen) atoms. The zero-order valence-electron chi connectivity index (χ0n) is 18.3. The first kappa shape index (κ1) is 20.8. The number of nitrogens with zero attached hydrogens (tertiary/aromatic N) is 1. The molecule has 3 aromatic rings. The summed E-state index contributed by atoms with van der Waals surface area (Å²) in [5.41, 5.74) is 7.45. The molecule has 2 aromatic carbocycles. The zero-order valence-corrected chi connectivity index (χ0v) is 19.1. The predicted octanol–water partition coefficient (Wildman–Crippen LogP) is 5.82. The van der Waals surface area contributed by atoms with Crippen LogP contribution in [0.1, 0.15) is 50.5 Å². The Morgan fingerprint density at radius 1 is 1.13 bits per heavy atom. The van der Waals surface area contributed by atoms with E-state index in [0.717, 1.165) is 36.2 Å². The van der Waals surface area contributed by atoms with Crippen molar-refractivity contribution in [3.63, 3.8) is 0 Å². The summed E-state index contributed by atoms with van der Waals surface area (Å²) in [6, 6.07) is 17.0. The molecule has 0 spiro atoms. The van der Waals surface area contributed by atoms with Crippen LogP contribution in [0, 0.1) is 20.8 Å². The largest absolute Gasteiger partial charge is 0.325 e. The Morgan fingerprint density at radius 2 is 1.90 bits per heavy atom. The highest BCUT2D eigenvalue weighted by molar-refractivity contribution is 7.12. The molecule has 0 unspecified atom stereocenters. The molecule has 0 radical (unpaired) electrons. The normalized spacial score (nSPS) is 16.3. The molecule has 3 nitrogen and oxygen atoms in total. The van der Waals surface area contributed by atoms with E-state index in [1.165, 1.54) is 26.4 Å². The molecule has 0 fully saturated rings. The molecule has 4 rings (SSSR count). The Labute approximate surface area is 183 Å². The van der Waals surface area contributed by atoms with Gasteiger partial charge in [-0.25, -0.2) is 0 Å². The summed E-state index contributed by atoms with van der Waals surface area (Å²) in [5, 5.41) is 3.14. The van der Waals surface area contributed by atoms with Crippen molar-refractivity contribution in [2.45, 2.75) is 46.6 Å². The van der Waals surface area contributed by atoms with Crippen LogP contribution in [-0.2, 0) is 17.6 Å². The lowest BCUT2D eigenvalue weighted by atomic mass is 9.91. The smallest absolute Gasteiger partial charge is 0.238 e. The molecule has 0 saturated heterocycles. The molecule has 1 aromatic heterocycles. The van der Waals surface area contributed by atoms with Crippen molar-refractivity contribution in [1.82, 2.24) is 4.90 Å². The lowest BCUT2D eigenvalue weighted by Crippen LogP contribution is -2.40. The number of thiophene rings is 1. The van der Waals surface area contributed by atoms with Crippen molar-refractivity contribution in [3.05, 3.63) is 86.1 Å². The predicted molar refractivity (Wildman–Crippen MR) is 127 cm³/mol. The maximum absolute atomic E-state index is 13.0. The molecule has 0 aliphatic carbocycles. The number of nitrogens with one attached hydrogen (secondary N) is 1. The summed E-state index contributed by atoms with van der Waals surface area (Å²) in [4.78, 5) is 18.2. The Hall–Kier alpha value is -2.43. The summed E-state index contributed by atoms with van der Waals surface area (Å²) < 4.78 is 0. The molecule has 4 heteroatoms. The van der Waals surface area contributed by atoms with Gasteiger partial charge in [-0.3, -0.25) is 9.69 Å². The first-order valence-electron chi connectivity index (χ1n) is 10.7. The molecule has 1 atom stereocenters. The monoisotopic (exact) mass is 418 g/mol. The third-order valence-corrected chi connectivity index (χ3v) is 7.34. The number of carbonyl (C=O) groups is 1. The summed E-state index contributed by atoms with van der Waals surface area (Å²) in [6.45, 7) is 9.87. The van der Waals surface area contributed by atoms with Gasteiger partial charge < -0.3 is 5.32 Å². The second-order valence-corrected chi connectivity index (χ2v) is 9.49. The van der Waals surface area contributed by atoms with Crippen LogP contribution in [0.5, 0.6) is 0 Å². The fraction of sp³-hybridized carbons (Fsp3) is 0.346. The fourth-order valence-corrected chi connectivity index (χ4v) is 6.04. The Balaban J connectivity index is 1.63. The van der Waals surface area contributed by atoms with Crippen LogP contribution < -0.4 is 5.32 Å². The van der Waals surface area contributed by atoms with Gasteiger partial charge in [0.1, 0.15) is 0 Å². The topological polar surface area (TPSA) is 32.3 Å². The van der Waals surface area contributed by atoms with E-state index in [9.17, 15) is 4.79 Å². The van der Waals surface area contributed by atoms with Gasteiger partial charge in [-0.2, -0.15) is 0 Å². The molecule has 1 aliphatic rings. The van der Waals surface area contributed by atoms with Crippen LogP contribution in [-0.4, -0.2) is 23.9 Å². The Bertz CT molecular complexity index is 1050. The van der Waals surface area contributed by atoms with Gasteiger partial charge in [-0.05, 0) is 67.5 Å². The number of fused-ring (bicyclic) bond motifs is 1. The van der Waals surface area contributed by atoms with E-state index in [1.807, 2.05) is 24.3 Å². The van der Waals surface area contributed by atoms with Crippen LogP contribution >= 0.6 is 11.3 Å². The first-order valence-corrected chi connectivity index (χ1v) is 11.6. The average Bonchev–Trinajstić information content (AvgIpc) is 3.06. The van der Waals surface area contributed by atoms with Crippen molar-refractivity contribution < 1.29 is 4.79 Å². The zero-order chi connectivity index (χ0) is 21.3. The highest BCUT2D eigenvalue weighted by Crippen LogP contribution is 2.42. The van der Waals surface area contributed by atoms with E-state index in [-0.39, 0.29) is 11.9 Å². The minimum absolute atomic E-state index is 0.0528. The minimum Gasteiger partial charge on any atom is -0.325 e. The summed E-state index contributed by atoms with van der Waals surface area (Å²) in [6.07, 6.45) is 2.09. The van der Waals surface area contributed by atoms with Gasteiger partial charge in [-0.1, -0.05) is 49.4 Å². The molecule has 2 heterocycles. The molecule has 1 N–H and O–H groups in total. The van der Waals surface area contributed by atoms with Crippen LogP contribution in [0.25, 0.3) is 0 Å². The number of benzene rings is 2. The molecular formula is C26H30N2OS.